The number of amides is 1. The average molecular weight is 364 g/mol. The average Bonchev–Trinajstić information content (AvgIpc) is 3.14. The molecule has 4 bridgehead atoms. The Hall–Kier alpha value is -2.23. The van der Waals surface area contributed by atoms with E-state index < -0.39 is 0 Å². The lowest BCUT2D eigenvalue weighted by Crippen LogP contribution is -2.54. The quantitative estimate of drug-likeness (QED) is 0.738. The van der Waals surface area contributed by atoms with Crippen LogP contribution in [0.15, 0.2) is 47.1 Å². The number of carbonyl (C=O) groups is 1. The Bertz CT molecular complexity index is 776. The fourth-order valence-electron chi connectivity index (χ4n) is 6.15. The van der Waals surface area contributed by atoms with Gasteiger partial charge in [0.1, 0.15) is 5.76 Å². The molecule has 4 aliphatic rings. The molecule has 2 aromatic rings. The molecule has 4 nitrogen and oxygen atoms in total. The molecule has 0 atom stereocenters. The molecule has 6 rings (SSSR count). The Balaban J connectivity index is 1.28. The highest BCUT2D eigenvalue weighted by Crippen LogP contribution is 2.56. The summed E-state index contributed by atoms with van der Waals surface area (Å²) >= 11 is 0. The van der Waals surface area contributed by atoms with E-state index in [4.69, 9.17) is 4.42 Å². The third kappa shape index (κ3) is 3.50. The van der Waals surface area contributed by atoms with Crippen LogP contribution in [0.3, 0.4) is 0 Å². The van der Waals surface area contributed by atoms with Crippen LogP contribution in [-0.2, 0) is 11.2 Å². The predicted molar refractivity (Wildman–Crippen MR) is 107 cm³/mol. The van der Waals surface area contributed by atoms with Crippen LogP contribution in [0.4, 0.5) is 11.4 Å². The standard InChI is InChI=1S/C23H28N2O2/c26-22(8-7-19-4-3-9-27-19)24-20-5-1-2-6-21(20)25-23-13-16-10-17(14-23)12-18(11-16)15-23/h1-6,9,16-18,25H,7-8,10-15H2,(H,24,26). The van der Waals surface area contributed by atoms with Crippen molar-refractivity contribution in [3.63, 3.8) is 0 Å². The molecule has 27 heavy (non-hydrogen) atoms. The maximum absolute atomic E-state index is 12.4. The number of furan rings is 1. The SMILES string of the molecule is O=C(CCc1ccco1)Nc1ccccc1NC12CC3CC(CC(C3)C1)C2. The van der Waals surface area contributed by atoms with E-state index >= 15 is 0 Å². The summed E-state index contributed by atoms with van der Waals surface area (Å²) in [6.07, 6.45) is 10.9. The minimum Gasteiger partial charge on any atom is -0.469 e. The highest BCUT2D eigenvalue weighted by molar-refractivity contribution is 5.94. The minimum atomic E-state index is 0.0335. The van der Waals surface area contributed by atoms with E-state index in [1.807, 2.05) is 24.3 Å². The van der Waals surface area contributed by atoms with E-state index in [1.165, 1.54) is 38.5 Å². The summed E-state index contributed by atoms with van der Waals surface area (Å²) in [6.45, 7) is 0. The highest BCUT2D eigenvalue weighted by atomic mass is 16.3. The zero-order valence-electron chi connectivity index (χ0n) is 15.7. The molecule has 1 heterocycles. The minimum absolute atomic E-state index is 0.0335. The third-order valence-electron chi connectivity index (χ3n) is 6.82. The van der Waals surface area contributed by atoms with Crippen LogP contribution in [0.2, 0.25) is 0 Å². The van der Waals surface area contributed by atoms with E-state index in [-0.39, 0.29) is 11.4 Å². The molecule has 4 saturated carbocycles. The summed E-state index contributed by atoms with van der Waals surface area (Å²) in [7, 11) is 0. The van der Waals surface area contributed by atoms with Crippen molar-refractivity contribution < 1.29 is 9.21 Å². The number of aryl methyl sites for hydroxylation is 1. The zero-order valence-corrected chi connectivity index (χ0v) is 15.7. The van der Waals surface area contributed by atoms with E-state index in [0.29, 0.717) is 12.8 Å². The number of nitrogens with one attached hydrogen (secondary N) is 2. The first-order valence-corrected chi connectivity index (χ1v) is 10.4. The summed E-state index contributed by atoms with van der Waals surface area (Å²) in [5.74, 6) is 3.59. The maximum Gasteiger partial charge on any atom is 0.224 e. The molecule has 1 aromatic carbocycles. The molecule has 1 aromatic heterocycles. The molecular weight excluding hydrogens is 336 g/mol. The van der Waals surface area contributed by atoms with Crippen molar-refractivity contribution in [2.24, 2.45) is 17.8 Å². The van der Waals surface area contributed by atoms with Crippen molar-refractivity contribution in [3.05, 3.63) is 48.4 Å². The molecule has 142 valence electrons. The largest absolute Gasteiger partial charge is 0.469 e. The summed E-state index contributed by atoms with van der Waals surface area (Å²) in [5.41, 5.74) is 2.22. The number of hydrogen-bond donors (Lipinski definition) is 2. The lowest BCUT2D eigenvalue weighted by molar-refractivity contribution is -0.116. The molecular formula is C23H28N2O2. The van der Waals surface area contributed by atoms with Crippen LogP contribution in [0, 0.1) is 17.8 Å². The second-order valence-corrected chi connectivity index (χ2v) is 9.00. The first-order chi connectivity index (χ1) is 13.2. The fraction of sp³-hybridized carbons (Fsp3) is 0.522. The zero-order chi connectivity index (χ0) is 18.3. The van der Waals surface area contributed by atoms with Gasteiger partial charge < -0.3 is 15.1 Å². The van der Waals surface area contributed by atoms with Gasteiger partial charge in [0, 0.05) is 18.4 Å². The van der Waals surface area contributed by atoms with Crippen molar-refractivity contribution >= 4 is 17.3 Å². The van der Waals surface area contributed by atoms with Crippen LogP contribution in [0.1, 0.15) is 50.7 Å². The Kier molecular flexibility index (Phi) is 4.22. The molecule has 4 aliphatic carbocycles. The number of rotatable bonds is 6. The monoisotopic (exact) mass is 364 g/mol. The van der Waals surface area contributed by atoms with Gasteiger partial charge in [-0.15, -0.1) is 0 Å². The van der Waals surface area contributed by atoms with Crippen molar-refractivity contribution in [1.29, 1.82) is 0 Å². The van der Waals surface area contributed by atoms with E-state index in [1.54, 1.807) is 6.26 Å². The van der Waals surface area contributed by atoms with Crippen molar-refractivity contribution in [2.75, 3.05) is 10.6 Å². The van der Waals surface area contributed by atoms with E-state index in [0.717, 1.165) is 34.9 Å². The summed E-state index contributed by atoms with van der Waals surface area (Å²) in [5, 5.41) is 7.01. The summed E-state index contributed by atoms with van der Waals surface area (Å²) in [4.78, 5) is 12.4. The second-order valence-electron chi connectivity index (χ2n) is 9.00. The lowest BCUT2D eigenvalue weighted by atomic mass is 9.53. The second kappa shape index (κ2) is 6.74. The smallest absolute Gasteiger partial charge is 0.224 e. The van der Waals surface area contributed by atoms with Crippen molar-refractivity contribution in [1.82, 2.24) is 0 Å². The van der Waals surface area contributed by atoms with Gasteiger partial charge in [0.05, 0.1) is 17.6 Å². The molecule has 2 N–H and O–H groups in total. The van der Waals surface area contributed by atoms with Gasteiger partial charge in [0.2, 0.25) is 5.91 Å². The number of hydrogen-bond acceptors (Lipinski definition) is 3. The third-order valence-corrected chi connectivity index (χ3v) is 6.82. The number of benzene rings is 1. The van der Waals surface area contributed by atoms with Crippen LogP contribution >= 0.6 is 0 Å². The lowest BCUT2D eigenvalue weighted by Gasteiger charge is -2.57. The molecule has 0 unspecified atom stereocenters. The topological polar surface area (TPSA) is 54.3 Å². The van der Waals surface area contributed by atoms with Crippen LogP contribution in [-0.4, -0.2) is 11.4 Å². The maximum atomic E-state index is 12.4. The molecule has 4 heteroatoms. The Morgan fingerprint density at radius 2 is 1.63 bits per heavy atom. The van der Waals surface area contributed by atoms with Gasteiger partial charge in [0.25, 0.3) is 0 Å². The van der Waals surface area contributed by atoms with Gasteiger partial charge in [-0.3, -0.25) is 4.79 Å². The van der Waals surface area contributed by atoms with Crippen molar-refractivity contribution in [2.45, 2.75) is 56.9 Å². The van der Waals surface area contributed by atoms with Gasteiger partial charge in [0.15, 0.2) is 0 Å². The van der Waals surface area contributed by atoms with Gasteiger partial charge in [-0.1, -0.05) is 12.1 Å². The summed E-state index contributed by atoms with van der Waals surface area (Å²) in [6, 6.07) is 11.9. The fourth-order valence-corrected chi connectivity index (χ4v) is 6.15. The predicted octanol–water partition coefficient (Wildman–Crippen LogP) is 5.23. The number of carbonyl (C=O) groups excluding carboxylic acids is 1. The van der Waals surface area contributed by atoms with Crippen LogP contribution in [0.5, 0.6) is 0 Å². The van der Waals surface area contributed by atoms with Gasteiger partial charge in [-0.2, -0.15) is 0 Å². The number of para-hydroxylation sites is 2. The van der Waals surface area contributed by atoms with Crippen LogP contribution in [0.25, 0.3) is 0 Å². The van der Waals surface area contributed by atoms with Crippen LogP contribution < -0.4 is 10.6 Å². The van der Waals surface area contributed by atoms with Crippen molar-refractivity contribution in [3.8, 4) is 0 Å². The highest BCUT2D eigenvalue weighted by Gasteiger charge is 2.51. The Labute approximate surface area is 160 Å². The molecule has 0 aliphatic heterocycles. The van der Waals surface area contributed by atoms with Gasteiger partial charge in [-0.05, 0) is 80.5 Å². The van der Waals surface area contributed by atoms with Gasteiger partial charge >= 0.3 is 0 Å². The number of anilines is 2. The normalized spacial score (nSPS) is 31.0. The first kappa shape index (κ1) is 16.9. The Morgan fingerprint density at radius 1 is 0.963 bits per heavy atom. The molecule has 0 saturated heterocycles. The van der Waals surface area contributed by atoms with E-state index in [9.17, 15) is 4.79 Å². The molecule has 4 fully saturated rings. The molecule has 0 spiro atoms. The molecule has 1 amide bonds. The Morgan fingerprint density at radius 3 is 2.26 bits per heavy atom. The van der Waals surface area contributed by atoms with E-state index in [2.05, 4.69) is 22.8 Å². The molecule has 0 radical (unpaired) electrons. The van der Waals surface area contributed by atoms with Gasteiger partial charge in [-0.25, -0.2) is 0 Å². The first-order valence-electron chi connectivity index (χ1n) is 10.4. The summed E-state index contributed by atoms with van der Waals surface area (Å²) < 4.78 is 5.32.